The second kappa shape index (κ2) is 12.2. The van der Waals surface area contributed by atoms with Gasteiger partial charge >= 0.3 is 18.2 Å². The van der Waals surface area contributed by atoms with Crippen LogP contribution < -0.4 is 10.6 Å². The highest BCUT2D eigenvalue weighted by atomic mass is 16.6. The monoisotopic (exact) mass is 511 g/mol. The lowest BCUT2D eigenvalue weighted by atomic mass is 9.98. The number of nitrogens with one attached hydrogen (secondary N) is 2. The van der Waals surface area contributed by atoms with Crippen LogP contribution in [-0.2, 0) is 19.1 Å². The van der Waals surface area contributed by atoms with Crippen molar-refractivity contribution in [3.63, 3.8) is 0 Å². The summed E-state index contributed by atoms with van der Waals surface area (Å²) in [5, 5.41) is 14.2. The number of fused-ring (bicyclic) bond motifs is 3. The number of nitrogens with zero attached hydrogens (tertiary/aromatic N) is 1. The molecule has 1 aliphatic carbocycles. The minimum absolute atomic E-state index is 0.0185. The molecule has 2 aromatic rings. The fraction of sp³-hybridized carbons (Fsp3) is 0.407. The maximum Gasteiger partial charge on any atom is 0.407 e. The number of amides is 3. The topological polar surface area (TPSA) is 134 Å². The van der Waals surface area contributed by atoms with Gasteiger partial charge in [0.25, 0.3) is 0 Å². The molecule has 0 heterocycles. The Kier molecular flexibility index (Phi) is 9.10. The summed E-state index contributed by atoms with van der Waals surface area (Å²) in [7, 11) is 0. The Balaban J connectivity index is 1.45. The third-order valence-electron chi connectivity index (χ3n) is 5.68. The van der Waals surface area contributed by atoms with Crippen LogP contribution in [0.25, 0.3) is 11.1 Å². The fourth-order valence-corrected chi connectivity index (χ4v) is 4.14. The molecule has 3 amide bonds. The van der Waals surface area contributed by atoms with Crippen LogP contribution in [0.3, 0.4) is 0 Å². The summed E-state index contributed by atoms with van der Waals surface area (Å²) >= 11 is 0. The normalized spacial score (nSPS) is 12.2. The summed E-state index contributed by atoms with van der Waals surface area (Å²) in [6.45, 7) is 4.76. The Morgan fingerprint density at radius 1 is 0.892 bits per heavy atom. The van der Waals surface area contributed by atoms with E-state index < -0.39 is 36.2 Å². The van der Waals surface area contributed by atoms with Crippen molar-refractivity contribution in [3.8, 4) is 11.1 Å². The van der Waals surface area contributed by atoms with E-state index in [9.17, 15) is 19.2 Å². The van der Waals surface area contributed by atoms with Crippen molar-refractivity contribution in [1.29, 1.82) is 0 Å². The van der Waals surface area contributed by atoms with Crippen LogP contribution in [0.4, 0.5) is 9.59 Å². The van der Waals surface area contributed by atoms with Crippen molar-refractivity contribution in [3.05, 3.63) is 59.7 Å². The van der Waals surface area contributed by atoms with E-state index in [1.165, 1.54) is 0 Å². The number of carboxylic acid groups (broad SMARTS) is 1. The van der Waals surface area contributed by atoms with Gasteiger partial charge in [0.2, 0.25) is 5.91 Å². The molecule has 3 N–H and O–H groups in total. The van der Waals surface area contributed by atoms with Crippen molar-refractivity contribution in [2.45, 2.75) is 38.7 Å². The zero-order valence-corrected chi connectivity index (χ0v) is 21.3. The summed E-state index contributed by atoms with van der Waals surface area (Å²) < 4.78 is 10.6. The molecule has 198 valence electrons. The van der Waals surface area contributed by atoms with E-state index in [0.717, 1.165) is 27.2 Å². The number of carbonyl (C=O) groups excluding carboxylic acids is 3. The van der Waals surface area contributed by atoms with Crippen LogP contribution in [0.15, 0.2) is 48.5 Å². The lowest BCUT2D eigenvalue weighted by molar-refractivity contribution is -0.144. The molecule has 1 aliphatic rings. The summed E-state index contributed by atoms with van der Waals surface area (Å²) in [5.74, 6) is -1.74. The molecule has 10 heteroatoms. The molecule has 0 radical (unpaired) electrons. The predicted molar refractivity (Wildman–Crippen MR) is 136 cm³/mol. The largest absolute Gasteiger partial charge is 0.480 e. The quantitative estimate of drug-likeness (QED) is 0.445. The fourth-order valence-electron chi connectivity index (χ4n) is 4.14. The molecular formula is C27H33N3O7. The van der Waals surface area contributed by atoms with Crippen LogP contribution in [0.1, 0.15) is 44.2 Å². The van der Waals surface area contributed by atoms with Gasteiger partial charge in [0.05, 0.1) is 0 Å². The van der Waals surface area contributed by atoms with Crippen molar-refractivity contribution in [2.75, 3.05) is 32.8 Å². The van der Waals surface area contributed by atoms with Crippen LogP contribution in [0.2, 0.25) is 0 Å². The van der Waals surface area contributed by atoms with Crippen molar-refractivity contribution < 1.29 is 33.8 Å². The molecule has 0 unspecified atom stereocenters. The van der Waals surface area contributed by atoms with E-state index in [-0.39, 0.29) is 38.6 Å². The van der Waals surface area contributed by atoms with Gasteiger partial charge in [-0.05, 0) is 43.0 Å². The summed E-state index contributed by atoms with van der Waals surface area (Å²) in [4.78, 5) is 48.9. The molecule has 0 saturated heterocycles. The highest BCUT2D eigenvalue weighted by Crippen LogP contribution is 2.44. The molecule has 0 fully saturated rings. The first kappa shape index (κ1) is 27.5. The SMILES string of the molecule is CC(C)(C)OC(=O)NCCN(CC(=O)O)C(=O)CCNC(=O)OCC1c2ccccc2-c2ccccc21. The van der Waals surface area contributed by atoms with Crippen molar-refractivity contribution >= 4 is 24.1 Å². The summed E-state index contributed by atoms with van der Waals surface area (Å²) in [6.07, 6.45) is -1.44. The number of rotatable bonds is 10. The minimum Gasteiger partial charge on any atom is -0.480 e. The maximum absolute atomic E-state index is 12.5. The Labute approximate surface area is 215 Å². The lowest BCUT2D eigenvalue weighted by Gasteiger charge is -2.23. The van der Waals surface area contributed by atoms with E-state index in [4.69, 9.17) is 14.6 Å². The van der Waals surface area contributed by atoms with Gasteiger partial charge in [0.15, 0.2) is 0 Å². The van der Waals surface area contributed by atoms with E-state index in [2.05, 4.69) is 10.6 Å². The van der Waals surface area contributed by atoms with Gasteiger partial charge in [-0.3, -0.25) is 9.59 Å². The average molecular weight is 512 g/mol. The number of aliphatic carboxylic acids is 1. The number of alkyl carbamates (subject to hydrolysis) is 2. The molecular weight excluding hydrogens is 478 g/mol. The van der Waals surface area contributed by atoms with E-state index in [0.29, 0.717) is 0 Å². The number of hydrogen-bond donors (Lipinski definition) is 3. The van der Waals surface area contributed by atoms with Gasteiger partial charge < -0.3 is 30.1 Å². The highest BCUT2D eigenvalue weighted by molar-refractivity contribution is 5.82. The molecule has 2 aromatic carbocycles. The Morgan fingerprint density at radius 2 is 1.46 bits per heavy atom. The number of ether oxygens (including phenoxy) is 2. The molecule has 10 nitrogen and oxygen atoms in total. The second-order valence-corrected chi connectivity index (χ2v) is 9.64. The van der Waals surface area contributed by atoms with Crippen LogP contribution >= 0.6 is 0 Å². The van der Waals surface area contributed by atoms with E-state index in [1.54, 1.807) is 20.8 Å². The first-order chi connectivity index (χ1) is 17.5. The van der Waals surface area contributed by atoms with Crippen molar-refractivity contribution in [2.24, 2.45) is 0 Å². The van der Waals surface area contributed by atoms with Gasteiger partial charge in [-0.1, -0.05) is 48.5 Å². The minimum atomic E-state index is -1.19. The van der Waals surface area contributed by atoms with Crippen LogP contribution in [-0.4, -0.2) is 72.5 Å². The molecule has 3 rings (SSSR count). The first-order valence-electron chi connectivity index (χ1n) is 12.1. The Morgan fingerprint density at radius 3 is 2.03 bits per heavy atom. The predicted octanol–water partition coefficient (Wildman–Crippen LogP) is 3.35. The lowest BCUT2D eigenvalue weighted by Crippen LogP contribution is -2.43. The van der Waals surface area contributed by atoms with Gasteiger partial charge in [0, 0.05) is 32.0 Å². The Bertz CT molecular complexity index is 1100. The third kappa shape index (κ3) is 7.96. The van der Waals surface area contributed by atoms with Crippen molar-refractivity contribution in [1.82, 2.24) is 15.5 Å². The van der Waals surface area contributed by atoms with Gasteiger partial charge in [-0.2, -0.15) is 0 Å². The highest BCUT2D eigenvalue weighted by Gasteiger charge is 2.29. The third-order valence-corrected chi connectivity index (χ3v) is 5.68. The number of hydrogen-bond acceptors (Lipinski definition) is 6. The Hall–Kier alpha value is -4.08. The molecule has 0 atom stereocenters. The van der Waals surface area contributed by atoms with Gasteiger partial charge in [0.1, 0.15) is 18.8 Å². The molecule has 0 saturated carbocycles. The molecule has 0 aliphatic heterocycles. The zero-order chi connectivity index (χ0) is 27.0. The molecule has 0 bridgehead atoms. The second-order valence-electron chi connectivity index (χ2n) is 9.64. The average Bonchev–Trinajstić information content (AvgIpc) is 3.14. The number of benzene rings is 2. The van der Waals surface area contributed by atoms with Crippen LogP contribution in [0, 0.1) is 0 Å². The first-order valence-corrected chi connectivity index (χ1v) is 12.1. The maximum atomic E-state index is 12.5. The number of carbonyl (C=O) groups is 4. The van der Waals surface area contributed by atoms with E-state index in [1.807, 2.05) is 48.5 Å². The summed E-state index contributed by atoms with van der Waals surface area (Å²) in [6, 6.07) is 16.0. The van der Waals surface area contributed by atoms with Gasteiger partial charge in [-0.25, -0.2) is 9.59 Å². The molecule has 37 heavy (non-hydrogen) atoms. The summed E-state index contributed by atoms with van der Waals surface area (Å²) in [5.41, 5.74) is 3.76. The zero-order valence-electron chi connectivity index (χ0n) is 21.3. The molecule has 0 spiro atoms. The number of carboxylic acids is 1. The van der Waals surface area contributed by atoms with Gasteiger partial charge in [-0.15, -0.1) is 0 Å². The standard InChI is InChI=1S/C27H33N3O7/c1-27(2,3)37-26(35)29-14-15-30(16-24(32)33)23(31)12-13-28-25(34)36-17-22-20-10-6-4-8-18(20)19-9-5-7-11-21(19)22/h4-11,22H,12-17H2,1-3H3,(H,28,34)(H,29,35)(H,32,33). The smallest absolute Gasteiger partial charge is 0.407 e. The van der Waals surface area contributed by atoms with Crippen LogP contribution in [0.5, 0.6) is 0 Å². The molecule has 0 aromatic heterocycles. The van der Waals surface area contributed by atoms with E-state index >= 15 is 0 Å².